The van der Waals surface area contributed by atoms with E-state index in [-0.39, 0.29) is 27.9 Å². The maximum absolute atomic E-state index is 13.0. The van der Waals surface area contributed by atoms with Crippen LogP contribution in [0.5, 0.6) is 0 Å². The Morgan fingerprint density at radius 3 is 2.48 bits per heavy atom. The summed E-state index contributed by atoms with van der Waals surface area (Å²) in [4.78, 5) is 11.8. The number of hydrogen-bond donors (Lipinski definition) is 1. The monoisotopic (exact) mass is 331 g/mol. The zero-order chi connectivity index (χ0) is 15.6. The predicted octanol–water partition coefficient (Wildman–Crippen LogP) is 4.21. The van der Waals surface area contributed by atoms with Crippen LogP contribution >= 0.6 is 23.2 Å². The van der Waals surface area contributed by atoms with Crippen molar-refractivity contribution in [2.45, 2.75) is 6.61 Å². The second kappa shape index (κ2) is 6.28. The summed E-state index contributed by atoms with van der Waals surface area (Å²) in [5.41, 5.74) is 6.16. The van der Waals surface area contributed by atoms with Crippen molar-refractivity contribution in [3.63, 3.8) is 0 Å². The molecule has 21 heavy (non-hydrogen) atoms. The minimum absolute atomic E-state index is 0.115. The second-order valence-corrected chi connectivity index (χ2v) is 4.97. The number of hydrogen-bond acceptors (Lipinski definition) is 3. The molecular formula is C14H9Cl2F2NO2. The van der Waals surface area contributed by atoms with Crippen molar-refractivity contribution in [3.8, 4) is 0 Å². The van der Waals surface area contributed by atoms with Gasteiger partial charge in [0.05, 0.1) is 21.3 Å². The molecule has 0 amide bonds. The first kappa shape index (κ1) is 15.5. The maximum Gasteiger partial charge on any atom is 0.338 e. The first-order valence-electron chi connectivity index (χ1n) is 5.74. The smallest absolute Gasteiger partial charge is 0.338 e. The Hall–Kier alpha value is -1.85. The number of carbonyl (C=O) groups excluding carboxylic acids is 1. The largest absolute Gasteiger partial charge is 0.457 e. The fraction of sp³-hybridized carbons (Fsp3) is 0.0714. The number of carbonyl (C=O) groups is 1. The molecular weight excluding hydrogens is 323 g/mol. The standard InChI is InChI=1S/C14H9Cl2F2NO2/c15-9-4-8(5-12(19)13(9)16)14(20)21-6-7-1-2-10(17)11(18)3-7/h1-5H,6,19H2. The normalized spacial score (nSPS) is 10.5. The van der Waals surface area contributed by atoms with Gasteiger partial charge in [0.1, 0.15) is 6.61 Å². The Kier molecular flexibility index (Phi) is 4.65. The van der Waals surface area contributed by atoms with Crippen LogP contribution in [0.4, 0.5) is 14.5 Å². The van der Waals surface area contributed by atoms with Gasteiger partial charge in [-0.15, -0.1) is 0 Å². The van der Waals surface area contributed by atoms with Gasteiger partial charge in [-0.1, -0.05) is 29.3 Å². The van der Waals surface area contributed by atoms with Crippen molar-refractivity contribution in [1.29, 1.82) is 0 Å². The number of anilines is 1. The molecule has 0 heterocycles. The van der Waals surface area contributed by atoms with Gasteiger partial charge in [-0.3, -0.25) is 0 Å². The van der Waals surface area contributed by atoms with Crippen molar-refractivity contribution >= 4 is 34.9 Å². The Morgan fingerprint density at radius 2 is 1.86 bits per heavy atom. The molecule has 3 nitrogen and oxygen atoms in total. The van der Waals surface area contributed by atoms with E-state index < -0.39 is 17.6 Å². The summed E-state index contributed by atoms with van der Waals surface area (Å²) in [6.07, 6.45) is 0. The molecule has 0 aromatic heterocycles. The molecule has 2 N–H and O–H groups in total. The molecule has 0 aliphatic carbocycles. The molecule has 7 heteroatoms. The Bertz CT molecular complexity index is 684. The number of esters is 1. The average molecular weight is 332 g/mol. The van der Waals surface area contributed by atoms with Gasteiger partial charge < -0.3 is 10.5 Å². The van der Waals surface area contributed by atoms with E-state index in [0.717, 1.165) is 12.1 Å². The predicted molar refractivity (Wildman–Crippen MR) is 76.4 cm³/mol. The number of ether oxygens (including phenoxy) is 1. The van der Waals surface area contributed by atoms with Crippen molar-refractivity contribution < 1.29 is 18.3 Å². The molecule has 0 radical (unpaired) electrons. The summed E-state index contributed by atoms with van der Waals surface area (Å²) in [6.45, 7) is -0.212. The summed E-state index contributed by atoms with van der Waals surface area (Å²) in [6, 6.07) is 5.85. The number of benzene rings is 2. The van der Waals surface area contributed by atoms with Crippen molar-refractivity contribution in [1.82, 2.24) is 0 Å². The van der Waals surface area contributed by atoms with Crippen LogP contribution in [-0.4, -0.2) is 5.97 Å². The third-order valence-corrected chi connectivity index (χ3v) is 3.46. The van der Waals surface area contributed by atoms with Crippen LogP contribution in [0.25, 0.3) is 0 Å². The van der Waals surface area contributed by atoms with Gasteiger partial charge in [0.2, 0.25) is 0 Å². The van der Waals surface area contributed by atoms with Crippen molar-refractivity contribution in [3.05, 3.63) is 63.1 Å². The summed E-state index contributed by atoms with van der Waals surface area (Å²) < 4.78 is 30.8. The topological polar surface area (TPSA) is 52.3 Å². The van der Waals surface area contributed by atoms with Crippen LogP contribution in [-0.2, 0) is 11.3 Å². The van der Waals surface area contributed by atoms with E-state index in [4.69, 9.17) is 33.7 Å². The molecule has 0 saturated heterocycles. The molecule has 0 aliphatic heterocycles. The van der Waals surface area contributed by atoms with E-state index in [1.165, 1.54) is 18.2 Å². The summed E-state index contributed by atoms with van der Waals surface area (Å²) in [7, 11) is 0. The van der Waals surface area contributed by atoms with E-state index in [0.29, 0.717) is 5.56 Å². The zero-order valence-electron chi connectivity index (χ0n) is 10.5. The quantitative estimate of drug-likeness (QED) is 0.677. The van der Waals surface area contributed by atoms with Gasteiger partial charge in [0.25, 0.3) is 0 Å². The lowest BCUT2D eigenvalue weighted by Gasteiger charge is -2.08. The average Bonchev–Trinajstić information content (AvgIpc) is 2.45. The van der Waals surface area contributed by atoms with Crippen LogP contribution < -0.4 is 5.73 Å². The van der Waals surface area contributed by atoms with E-state index >= 15 is 0 Å². The van der Waals surface area contributed by atoms with Gasteiger partial charge >= 0.3 is 5.97 Å². The molecule has 2 aromatic rings. The second-order valence-electron chi connectivity index (χ2n) is 4.19. The number of rotatable bonds is 3. The summed E-state index contributed by atoms with van der Waals surface area (Å²) in [5.74, 6) is -2.69. The minimum atomic E-state index is -1.01. The van der Waals surface area contributed by atoms with Crippen LogP contribution in [0.2, 0.25) is 10.0 Å². The molecule has 0 unspecified atom stereocenters. The van der Waals surface area contributed by atoms with Crippen LogP contribution in [0.15, 0.2) is 30.3 Å². The minimum Gasteiger partial charge on any atom is -0.457 e. The highest BCUT2D eigenvalue weighted by atomic mass is 35.5. The highest BCUT2D eigenvalue weighted by Gasteiger charge is 2.13. The maximum atomic E-state index is 13.0. The van der Waals surface area contributed by atoms with E-state index in [9.17, 15) is 13.6 Å². The molecule has 0 aliphatic rings. The molecule has 2 rings (SSSR count). The Morgan fingerprint density at radius 1 is 1.14 bits per heavy atom. The third-order valence-electron chi connectivity index (χ3n) is 2.65. The van der Waals surface area contributed by atoms with Gasteiger partial charge in [-0.05, 0) is 29.8 Å². The molecule has 0 fully saturated rings. The highest BCUT2D eigenvalue weighted by Crippen LogP contribution is 2.29. The van der Waals surface area contributed by atoms with Gasteiger partial charge in [0, 0.05) is 0 Å². The molecule has 0 spiro atoms. The number of nitrogens with two attached hydrogens (primary N) is 1. The van der Waals surface area contributed by atoms with Gasteiger partial charge in [-0.25, -0.2) is 13.6 Å². The molecule has 0 atom stereocenters. The summed E-state index contributed by atoms with van der Waals surface area (Å²) in [5, 5.41) is 0.269. The molecule has 0 bridgehead atoms. The van der Waals surface area contributed by atoms with Gasteiger partial charge in [0.15, 0.2) is 11.6 Å². The Balaban J connectivity index is 2.10. The van der Waals surface area contributed by atoms with Crippen LogP contribution in [0, 0.1) is 11.6 Å². The van der Waals surface area contributed by atoms with Gasteiger partial charge in [-0.2, -0.15) is 0 Å². The lowest BCUT2D eigenvalue weighted by Crippen LogP contribution is -2.06. The lowest BCUT2D eigenvalue weighted by molar-refractivity contribution is 0.0472. The number of nitrogen functional groups attached to an aromatic ring is 1. The van der Waals surface area contributed by atoms with Crippen molar-refractivity contribution in [2.24, 2.45) is 0 Å². The molecule has 2 aromatic carbocycles. The summed E-state index contributed by atoms with van der Waals surface area (Å²) >= 11 is 11.6. The van der Waals surface area contributed by atoms with E-state index in [1.54, 1.807) is 0 Å². The fourth-order valence-electron chi connectivity index (χ4n) is 1.59. The first-order valence-corrected chi connectivity index (χ1v) is 6.49. The molecule has 110 valence electrons. The van der Waals surface area contributed by atoms with Crippen LogP contribution in [0.1, 0.15) is 15.9 Å². The zero-order valence-corrected chi connectivity index (χ0v) is 12.0. The van der Waals surface area contributed by atoms with E-state index in [2.05, 4.69) is 0 Å². The Labute approximate surface area is 129 Å². The molecule has 0 saturated carbocycles. The first-order chi connectivity index (χ1) is 9.88. The SMILES string of the molecule is Nc1cc(C(=O)OCc2ccc(F)c(F)c2)cc(Cl)c1Cl. The highest BCUT2D eigenvalue weighted by molar-refractivity contribution is 6.43. The van der Waals surface area contributed by atoms with Crippen molar-refractivity contribution in [2.75, 3.05) is 5.73 Å². The third kappa shape index (κ3) is 3.62. The van der Waals surface area contributed by atoms with E-state index in [1.807, 2.05) is 0 Å². The number of halogens is 4. The lowest BCUT2D eigenvalue weighted by atomic mass is 10.2. The fourth-order valence-corrected chi connectivity index (χ4v) is 1.93. The van der Waals surface area contributed by atoms with Crippen LogP contribution in [0.3, 0.4) is 0 Å².